The van der Waals surface area contributed by atoms with E-state index >= 15 is 0 Å². The van der Waals surface area contributed by atoms with Gasteiger partial charge in [-0.25, -0.2) is 4.39 Å². The van der Waals surface area contributed by atoms with Gasteiger partial charge in [0.1, 0.15) is 5.82 Å². The zero-order valence-corrected chi connectivity index (χ0v) is 13.3. The SMILES string of the molecule is O=C(O)CCNC(=O)c1ccc(CNC(=O)c2ccccc2F)cc1. The maximum Gasteiger partial charge on any atom is 0.305 e. The fraction of sp³-hybridized carbons (Fsp3) is 0.167. The number of carboxylic acid groups (broad SMARTS) is 1. The van der Waals surface area contributed by atoms with E-state index in [1.165, 1.54) is 18.2 Å². The number of amides is 2. The summed E-state index contributed by atoms with van der Waals surface area (Å²) in [6, 6.07) is 12.2. The first-order valence-electron chi connectivity index (χ1n) is 7.59. The molecule has 2 aromatic carbocycles. The first kappa shape index (κ1) is 18.1. The van der Waals surface area contributed by atoms with E-state index in [1.807, 2.05) is 0 Å². The number of carbonyl (C=O) groups excluding carboxylic acids is 2. The molecule has 0 aromatic heterocycles. The highest BCUT2D eigenvalue weighted by atomic mass is 19.1. The largest absolute Gasteiger partial charge is 0.481 e. The molecule has 7 heteroatoms. The molecule has 0 fully saturated rings. The highest BCUT2D eigenvalue weighted by Gasteiger charge is 2.10. The number of aliphatic carboxylic acids is 1. The zero-order valence-electron chi connectivity index (χ0n) is 13.3. The van der Waals surface area contributed by atoms with E-state index in [0.29, 0.717) is 5.56 Å². The number of carboxylic acids is 1. The van der Waals surface area contributed by atoms with Crippen LogP contribution in [0.15, 0.2) is 48.5 Å². The molecular formula is C18H17FN2O4. The van der Waals surface area contributed by atoms with Crippen LogP contribution in [0.4, 0.5) is 4.39 Å². The summed E-state index contributed by atoms with van der Waals surface area (Å²) in [4.78, 5) is 34.1. The Morgan fingerprint density at radius 3 is 2.24 bits per heavy atom. The standard InChI is InChI=1S/C18H17FN2O4/c19-15-4-2-1-3-14(15)18(25)21-11-12-5-7-13(8-6-12)17(24)20-10-9-16(22)23/h1-8H,9-11H2,(H,20,24)(H,21,25)(H,22,23). The van der Waals surface area contributed by atoms with Crippen LogP contribution < -0.4 is 10.6 Å². The Hall–Kier alpha value is -3.22. The van der Waals surface area contributed by atoms with Gasteiger partial charge in [0.15, 0.2) is 0 Å². The van der Waals surface area contributed by atoms with Crippen molar-refractivity contribution >= 4 is 17.8 Å². The average Bonchev–Trinajstić information content (AvgIpc) is 2.60. The third kappa shape index (κ3) is 5.42. The zero-order chi connectivity index (χ0) is 18.2. The normalized spacial score (nSPS) is 10.1. The van der Waals surface area contributed by atoms with Gasteiger partial charge >= 0.3 is 5.97 Å². The monoisotopic (exact) mass is 344 g/mol. The Bertz CT molecular complexity index is 775. The molecule has 0 heterocycles. The quantitative estimate of drug-likeness (QED) is 0.715. The van der Waals surface area contributed by atoms with Crippen LogP contribution in [0, 0.1) is 5.82 Å². The molecule has 6 nitrogen and oxygen atoms in total. The van der Waals surface area contributed by atoms with Crippen molar-refractivity contribution in [2.24, 2.45) is 0 Å². The Balaban J connectivity index is 1.88. The van der Waals surface area contributed by atoms with E-state index in [-0.39, 0.29) is 31.0 Å². The molecule has 0 atom stereocenters. The maximum atomic E-state index is 13.5. The number of nitrogens with one attached hydrogen (secondary N) is 2. The molecule has 2 rings (SSSR count). The Labute approximate surface area is 143 Å². The van der Waals surface area contributed by atoms with Crippen LogP contribution in [0.1, 0.15) is 32.7 Å². The Morgan fingerprint density at radius 2 is 1.60 bits per heavy atom. The van der Waals surface area contributed by atoms with E-state index in [2.05, 4.69) is 10.6 Å². The summed E-state index contributed by atoms with van der Waals surface area (Å²) < 4.78 is 13.5. The second kappa shape index (κ2) is 8.58. The van der Waals surface area contributed by atoms with Crippen molar-refractivity contribution in [1.82, 2.24) is 10.6 Å². The molecule has 2 aromatic rings. The summed E-state index contributed by atoms with van der Waals surface area (Å²) in [6.07, 6.45) is -0.147. The first-order valence-corrected chi connectivity index (χ1v) is 7.59. The smallest absolute Gasteiger partial charge is 0.305 e. The molecule has 0 bridgehead atoms. The van der Waals surface area contributed by atoms with Gasteiger partial charge in [-0.2, -0.15) is 0 Å². The molecule has 0 saturated heterocycles. The predicted molar refractivity (Wildman–Crippen MR) is 88.6 cm³/mol. The Kier molecular flexibility index (Phi) is 6.22. The molecule has 0 aliphatic rings. The average molecular weight is 344 g/mol. The summed E-state index contributed by atoms with van der Waals surface area (Å²) in [7, 11) is 0. The third-order valence-electron chi connectivity index (χ3n) is 3.41. The minimum atomic E-state index is -0.985. The topological polar surface area (TPSA) is 95.5 Å². The highest BCUT2D eigenvalue weighted by Crippen LogP contribution is 2.08. The number of benzene rings is 2. The molecule has 130 valence electrons. The lowest BCUT2D eigenvalue weighted by Crippen LogP contribution is -2.26. The van der Waals surface area contributed by atoms with Crippen LogP contribution in [0.5, 0.6) is 0 Å². The van der Waals surface area contributed by atoms with Crippen LogP contribution >= 0.6 is 0 Å². The predicted octanol–water partition coefficient (Wildman–Crippen LogP) is 1.96. The molecule has 0 aliphatic carbocycles. The van der Waals surface area contributed by atoms with Gasteiger partial charge < -0.3 is 15.7 Å². The maximum absolute atomic E-state index is 13.5. The van der Waals surface area contributed by atoms with Crippen LogP contribution in [0.25, 0.3) is 0 Å². The molecule has 2 amide bonds. The van der Waals surface area contributed by atoms with Gasteiger partial charge in [-0.05, 0) is 29.8 Å². The van der Waals surface area contributed by atoms with Crippen molar-refractivity contribution < 1.29 is 23.9 Å². The summed E-state index contributed by atoms with van der Waals surface area (Å²) in [5.74, 6) is -2.47. The van der Waals surface area contributed by atoms with E-state index < -0.39 is 17.7 Å². The lowest BCUT2D eigenvalue weighted by Gasteiger charge is -2.07. The molecule has 0 spiro atoms. The Morgan fingerprint density at radius 1 is 0.920 bits per heavy atom. The fourth-order valence-corrected chi connectivity index (χ4v) is 2.08. The van der Waals surface area contributed by atoms with Crippen LogP contribution in [-0.2, 0) is 11.3 Å². The van der Waals surface area contributed by atoms with Crippen molar-refractivity contribution in [2.45, 2.75) is 13.0 Å². The van der Waals surface area contributed by atoms with Crippen molar-refractivity contribution in [3.05, 3.63) is 71.0 Å². The van der Waals surface area contributed by atoms with E-state index in [9.17, 15) is 18.8 Å². The van der Waals surface area contributed by atoms with E-state index in [0.717, 1.165) is 5.56 Å². The molecule has 0 saturated carbocycles. The van der Waals surface area contributed by atoms with Crippen molar-refractivity contribution in [2.75, 3.05) is 6.54 Å². The first-order chi connectivity index (χ1) is 12.0. The second-order valence-corrected chi connectivity index (χ2v) is 5.26. The number of halogens is 1. The van der Waals surface area contributed by atoms with Gasteiger partial charge in [0.05, 0.1) is 12.0 Å². The molecule has 0 unspecified atom stereocenters. The highest BCUT2D eigenvalue weighted by molar-refractivity contribution is 5.95. The van der Waals surface area contributed by atoms with Crippen molar-refractivity contribution in [3.8, 4) is 0 Å². The van der Waals surface area contributed by atoms with E-state index in [4.69, 9.17) is 5.11 Å². The van der Waals surface area contributed by atoms with Gasteiger partial charge in [-0.15, -0.1) is 0 Å². The third-order valence-corrected chi connectivity index (χ3v) is 3.41. The van der Waals surface area contributed by atoms with Crippen LogP contribution in [-0.4, -0.2) is 29.4 Å². The van der Waals surface area contributed by atoms with Crippen LogP contribution in [0.3, 0.4) is 0 Å². The second-order valence-electron chi connectivity index (χ2n) is 5.26. The minimum Gasteiger partial charge on any atom is -0.481 e. The van der Waals surface area contributed by atoms with Gasteiger partial charge in [-0.1, -0.05) is 24.3 Å². The summed E-state index contributed by atoms with van der Waals surface area (Å²) in [5.41, 5.74) is 1.10. The van der Waals surface area contributed by atoms with Crippen molar-refractivity contribution in [3.63, 3.8) is 0 Å². The van der Waals surface area contributed by atoms with Gasteiger partial charge in [-0.3, -0.25) is 14.4 Å². The van der Waals surface area contributed by atoms with Gasteiger partial charge in [0.25, 0.3) is 11.8 Å². The van der Waals surface area contributed by atoms with Crippen LogP contribution in [0.2, 0.25) is 0 Å². The summed E-state index contributed by atoms with van der Waals surface area (Å²) >= 11 is 0. The summed E-state index contributed by atoms with van der Waals surface area (Å²) in [6.45, 7) is 0.239. The van der Waals surface area contributed by atoms with Gasteiger partial charge in [0, 0.05) is 18.7 Å². The molecular weight excluding hydrogens is 327 g/mol. The lowest BCUT2D eigenvalue weighted by atomic mass is 10.1. The van der Waals surface area contributed by atoms with E-state index in [1.54, 1.807) is 30.3 Å². The molecule has 25 heavy (non-hydrogen) atoms. The molecule has 0 aliphatic heterocycles. The molecule has 0 radical (unpaired) electrons. The lowest BCUT2D eigenvalue weighted by molar-refractivity contribution is -0.136. The van der Waals surface area contributed by atoms with Gasteiger partial charge in [0.2, 0.25) is 0 Å². The molecule has 3 N–H and O–H groups in total. The van der Waals surface area contributed by atoms with Crippen molar-refractivity contribution in [1.29, 1.82) is 0 Å². The number of rotatable bonds is 7. The minimum absolute atomic E-state index is 0.0306. The number of carbonyl (C=O) groups is 3. The fourth-order valence-electron chi connectivity index (χ4n) is 2.08. The number of hydrogen-bond acceptors (Lipinski definition) is 3. The summed E-state index contributed by atoms with van der Waals surface area (Å²) in [5, 5.41) is 13.6. The number of hydrogen-bond donors (Lipinski definition) is 3.